The van der Waals surface area contributed by atoms with Gasteiger partial charge in [0.2, 0.25) is 0 Å². The smallest absolute Gasteiger partial charge is 0.0535 e. The van der Waals surface area contributed by atoms with E-state index in [1.165, 1.54) is 71.5 Å². The predicted molar refractivity (Wildman–Crippen MR) is 184 cm³/mol. The van der Waals surface area contributed by atoms with Gasteiger partial charge in [-0.15, -0.1) is 0 Å². The molecule has 0 amide bonds. The van der Waals surface area contributed by atoms with Crippen LogP contribution in [-0.2, 0) is 5.41 Å². The maximum absolute atomic E-state index is 2.39. The van der Waals surface area contributed by atoms with E-state index in [0.29, 0.717) is 0 Å². The number of nitrogens with zero attached hydrogens (tertiary/aromatic N) is 1. The zero-order valence-electron chi connectivity index (χ0n) is 24.8. The molecule has 0 spiro atoms. The average Bonchev–Trinajstić information content (AvgIpc) is 3.49. The van der Waals surface area contributed by atoms with Crippen LogP contribution in [0.3, 0.4) is 0 Å². The Morgan fingerprint density at radius 1 is 0.419 bits per heavy atom. The van der Waals surface area contributed by atoms with Gasteiger partial charge in [-0.1, -0.05) is 142 Å². The summed E-state index contributed by atoms with van der Waals surface area (Å²) in [5.41, 5.74) is 9.93. The Balaban J connectivity index is 1.24. The Morgan fingerprint density at radius 3 is 1.58 bits per heavy atom. The monoisotopic (exact) mass is 551 g/mol. The zero-order valence-corrected chi connectivity index (χ0v) is 24.8. The number of benzene rings is 7. The molecule has 8 aromatic rings. The summed E-state index contributed by atoms with van der Waals surface area (Å²) in [6.07, 6.45) is 0. The Kier molecular flexibility index (Phi) is 5.77. The van der Waals surface area contributed by atoms with Crippen molar-refractivity contribution in [3.63, 3.8) is 0 Å². The Labute approximate surface area is 253 Å². The fourth-order valence-electron chi connectivity index (χ4n) is 6.69. The van der Waals surface area contributed by atoms with Gasteiger partial charge in [0.1, 0.15) is 0 Å². The van der Waals surface area contributed by atoms with Crippen molar-refractivity contribution in [2.75, 3.05) is 0 Å². The summed E-state index contributed by atoms with van der Waals surface area (Å²) in [5.74, 6) is 0. The first kappa shape index (κ1) is 25.6. The number of rotatable bonds is 4. The van der Waals surface area contributed by atoms with Crippen LogP contribution in [0.25, 0.3) is 71.6 Å². The van der Waals surface area contributed by atoms with Crippen molar-refractivity contribution in [2.24, 2.45) is 0 Å². The lowest BCUT2D eigenvalue weighted by Crippen LogP contribution is -2.10. The second-order valence-corrected chi connectivity index (χ2v) is 12.6. The Hall–Kier alpha value is -5.14. The molecule has 0 aliphatic rings. The Bertz CT molecular complexity index is 2210. The molecule has 0 bridgehead atoms. The third kappa shape index (κ3) is 4.23. The molecule has 43 heavy (non-hydrogen) atoms. The summed E-state index contributed by atoms with van der Waals surface area (Å²) in [6.45, 7) is 6.79. The summed E-state index contributed by atoms with van der Waals surface area (Å²) in [7, 11) is 0. The highest BCUT2D eigenvalue weighted by Crippen LogP contribution is 2.40. The SMILES string of the molecule is CC(C)(C)c1ccc(-c2ccc(-c3ccc(-c4ccc5ccc6cccc7ccc4c5c67)cc3)n2-c2ccccc2)cc1. The lowest BCUT2D eigenvalue weighted by molar-refractivity contribution is 0.590. The number of para-hydroxylation sites is 1. The molecule has 1 nitrogen and oxygen atoms in total. The molecule has 0 unspecified atom stereocenters. The van der Waals surface area contributed by atoms with Gasteiger partial charge in [0.15, 0.2) is 0 Å². The van der Waals surface area contributed by atoms with Gasteiger partial charge in [-0.25, -0.2) is 0 Å². The van der Waals surface area contributed by atoms with E-state index in [1.54, 1.807) is 0 Å². The molecule has 0 fully saturated rings. The van der Waals surface area contributed by atoms with Crippen molar-refractivity contribution in [2.45, 2.75) is 26.2 Å². The molecule has 206 valence electrons. The van der Waals surface area contributed by atoms with E-state index in [9.17, 15) is 0 Å². The molecule has 0 radical (unpaired) electrons. The quantitative estimate of drug-likeness (QED) is 0.192. The zero-order chi connectivity index (χ0) is 29.1. The minimum Gasteiger partial charge on any atom is -0.309 e. The van der Waals surface area contributed by atoms with Gasteiger partial charge in [0.25, 0.3) is 0 Å². The first-order valence-corrected chi connectivity index (χ1v) is 15.1. The van der Waals surface area contributed by atoms with Crippen molar-refractivity contribution in [1.82, 2.24) is 4.57 Å². The Morgan fingerprint density at radius 2 is 0.953 bits per heavy atom. The molecule has 8 rings (SSSR count). The second kappa shape index (κ2) is 9.71. The van der Waals surface area contributed by atoms with Gasteiger partial charge in [-0.3, -0.25) is 0 Å². The summed E-state index contributed by atoms with van der Waals surface area (Å²) in [4.78, 5) is 0. The van der Waals surface area contributed by atoms with Crippen LogP contribution in [0.5, 0.6) is 0 Å². The molecular weight excluding hydrogens is 518 g/mol. The summed E-state index contributed by atoms with van der Waals surface area (Å²) >= 11 is 0. The van der Waals surface area contributed by atoms with Gasteiger partial charge in [-0.05, 0) is 89.8 Å². The highest BCUT2D eigenvalue weighted by molar-refractivity contribution is 6.25. The summed E-state index contributed by atoms with van der Waals surface area (Å²) < 4.78 is 2.39. The van der Waals surface area contributed by atoms with E-state index < -0.39 is 0 Å². The van der Waals surface area contributed by atoms with E-state index >= 15 is 0 Å². The fourth-order valence-corrected chi connectivity index (χ4v) is 6.69. The molecule has 0 aliphatic carbocycles. The lowest BCUT2D eigenvalue weighted by Gasteiger charge is -2.20. The van der Waals surface area contributed by atoms with E-state index in [0.717, 1.165) is 5.69 Å². The molecule has 1 heterocycles. The van der Waals surface area contributed by atoms with Crippen LogP contribution in [0.4, 0.5) is 0 Å². The van der Waals surface area contributed by atoms with Crippen LogP contribution in [0, 0.1) is 0 Å². The van der Waals surface area contributed by atoms with E-state index in [4.69, 9.17) is 0 Å². The molecular formula is C42H33N. The van der Waals surface area contributed by atoms with E-state index in [-0.39, 0.29) is 5.41 Å². The number of hydrogen-bond acceptors (Lipinski definition) is 0. The van der Waals surface area contributed by atoms with Gasteiger partial charge < -0.3 is 4.57 Å². The average molecular weight is 552 g/mol. The van der Waals surface area contributed by atoms with Gasteiger partial charge in [0.05, 0.1) is 11.4 Å². The normalized spacial score (nSPS) is 12.1. The highest BCUT2D eigenvalue weighted by atomic mass is 15.0. The van der Waals surface area contributed by atoms with Crippen molar-refractivity contribution in [3.8, 4) is 39.3 Å². The third-order valence-electron chi connectivity index (χ3n) is 8.96. The topological polar surface area (TPSA) is 4.93 Å². The number of hydrogen-bond donors (Lipinski definition) is 0. The molecule has 0 saturated heterocycles. The minimum absolute atomic E-state index is 0.127. The maximum Gasteiger partial charge on any atom is 0.0535 e. The highest BCUT2D eigenvalue weighted by Gasteiger charge is 2.17. The number of aromatic nitrogens is 1. The van der Waals surface area contributed by atoms with Gasteiger partial charge >= 0.3 is 0 Å². The summed E-state index contributed by atoms with van der Waals surface area (Å²) in [6, 6.07) is 53.6. The van der Waals surface area contributed by atoms with Gasteiger partial charge in [0, 0.05) is 5.69 Å². The maximum atomic E-state index is 2.39. The molecule has 0 N–H and O–H groups in total. The predicted octanol–water partition coefficient (Wildman–Crippen LogP) is 11.7. The minimum atomic E-state index is 0.127. The van der Waals surface area contributed by atoms with Crippen LogP contribution in [0.1, 0.15) is 26.3 Å². The van der Waals surface area contributed by atoms with Crippen molar-refractivity contribution in [3.05, 3.63) is 151 Å². The molecule has 1 aromatic heterocycles. The van der Waals surface area contributed by atoms with Crippen LogP contribution < -0.4 is 0 Å². The second-order valence-electron chi connectivity index (χ2n) is 12.6. The van der Waals surface area contributed by atoms with Crippen LogP contribution in [0.2, 0.25) is 0 Å². The standard InChI is InChI=1S/C42H33N/c1-42(2,3)34-22-18-30(19-23-34)39-27-26-38(43(39)35-10-5-4-6-11-35)29-14-12-28(13-15-29)36-24-20-33-17-16-31-8-7-9-32-21-25-37(36)41(33)40(31)32/h4-27H,1-3H3. The third-order valence-corrected chi connectivity index (χ3v) is 8.96. The lowest BCUT2D eigenvalue weighted by atomic mass is 9.86. The molecule has 7 aromatic carbocycles. The van der Waals surface area contributed by atoms with Crippen molar-refractivity contribution in [1.29, 1.82) is 0 Å². The molecule has 1 heteroatoms. The largest absolute Gasteiger partial charge is 0.309 e. The van der Waals surface area contributed by atoms with Crippen LogP contribution >= 0.6 is 0 Å². The van der Waals surface area contributed by atoms with Crippen LogP contribution in [-0.4, -0.2) is 4.57 Å². The first-order valence-electron chi connectivity index (χ1n) is 15.1. The first-order chi connectivity index (χ1) is 21.0. The van der Waals surface area contributed by atoms with E-state index in [1.807, 2.05) is 0 Å². The fraction of sp³-hybridized carbons (Fsp3) is 0.0952. The molecule has 0 atom stereocenters. The molecule has 0 aliphatic heterocycles. The van der Waals surface area contributed by atoms with Crippen molar-refractivity contribution >= 4 is 32.3 Å². The van der Waals surface area contributed by atoms with E-state index in [2.05, 4.69) is 171 Å². The van der Waals surface area contributed by atoms with Crippen molar-refractivity contribution < 1.29 is 0 Å². The summed E-state index contributed by atoms with van der Waals surface area (Å²) in [5, 5.41) is 7.92. The van der Waals surface area contributed by atoms with Gasteiger partial charge in [-0.2, -0.15) is 0 Å². The molecule has 0 saturated carbocycles. The van der Waals surface area contributed by atoms with Crippen LogP contribution in [0.15, 0.2) is 146 Å².